The van der Waals surface area contributed by atoms with Crippen LogP contribution < -0.4 is 5.32 Å². The van der Waals surface area contributed by atoms with E-state index in [1.165, 1.54) is 9.88 Å². The molecular formula is C14H18BrN3S2. The second-order valence-electron chi connectivity index (χ2n) is 4.88. The van der Waals surface area contributed by atoms with Crippen LogP contribution in [0.3, 0.4) is 0 Å². The molecule has 3 nitrogen and oxygen atoms in total. The largest absolute Gasteiger partial charge is 0.314 e. The van der Waals surface area contributed by atoms with E-state index in [1.54, 1.807) is 22.7 Å². The summed E-state index contributed by atoms with van der Waals surface area (Å²) in [4.78, 5) is 8.69. The summed E-state index contributed by atoms with van der Waals surface area (Å²) in [5, 5.41) is 6.87. The first-order valence-corrected chi connectivity index (χ1v) is 9.42. The fourth-order valence-electron chi connectivity index (χ4n) is 2.59. The van der Waals surface area contributed by atoms with Gasteiger partial charge >= 0.3 is 0 Å². The summed E-state index contributed by atoms with van der Waals surface area (Å²) in [6.07, 6.45) is 1.13. The van der Waals surface area contributed by atoms with Gasteiger partial charge in [0, 0.05) is 31.6 Å². The summed E-state index contributed by atoms with van der Waals surface area (Å²) in [5.41, 5.74) is 1.12. The van der Waals surface area contributed by atoms with Gasteiger partial charge in [-0.25, -0.2) is 4.98 Å². The topological polar surface area (TPSA) is 28.2 Å². The van der Waals surface area contributed by atoms with Gasteiger partial charge in [-0.3, -0.25) is 4.90 Å². The third-order valence-corrected chi connectivity index (χ3v) is 6.20. The second kappa shape index (κ2) is 6.66. The fraction of sp³-hybridized carbons (Fsp3) is 0.500. The number of aromatic nitrogens is 1. The quantitative estimate of drug-likeness (QED) is 0.880. The summed E-state index contributed by atoms with van der Waals surface area (Å²) in [5.74, 6) is 0. The first-order valence-electron chi connectivity index (χ1n) is 6.94. The van der Waals surface area contributed by atoms with Crippen LogP contribution in [0.2, 0.25) is 0 Å². The molecule has 0 spiro atoms. The van der Waals surface area contributed by atoms with Gasteiger partial charge in [0.2, 0.25) is 0 Å². The molecule has 1 unspecified atom stereocenters. The molecular weight excluding hydrogens is 354 g/mol. The number of piperazine rings is 1. The second-order valence-corrected chi connectivity index (χ2v) is 8.24. The highest BCUT2D eigenvalue weighted by Gasteiger charge is 2.23. The average molecular weight is 372 g/mol. The van der Waals surface area contributed by atoms with E-state index in [0.29, 0.717) is 6.04 Å². The minimum atomic E-state index is 0.472. The summed E-state index contributed by atoms with van der Waals surface area (Å²) >= 11 is 7.06. The zero-order valence-electron chi connectivity index (χ0n) is 11.4. The Hall–Kier alpha value is -0.270. The molecule has 1 aliphatic heterocycles. The van der Waals surface area contributed by atoms with Crippen molar-refractivity contribution < 1.29 is 0 Å². The van der Waals surface area contributed by atoms with Crippen LogP contribution in [0, 0.1) is 0 Å². The third kappa shape index (κ3) is 3.14. The number of thiazole rings is 1. The number of thiophene rings is 1. The van der Waals surface area contributed by atoms with E-state index in [-0.39, 0.29) is 0 Å². The standard InChI is InChI=1S/C14H18BrN3S2/c1-2-11(18-7-5-16-6-8-18)14-17-10(9-19-14)12-3-4-13(15)20-12/h3-4,9,11,16H,2,5-8H2,1H3. The van der Waals surface area contributed by atoms with Crippen LogP contribution in [0.5, 0.6) is 0 Å². The maximum Gasteiger partial charge on any atom is 0.110 e. The molecule has 0 bridgehead atoms. The molecule has 3 heterocycles. The summed E-state index contributed by atoms with van der Waals surface area (Å²) in [7, 11) is 0. The SMILES string of the molecule is CCC(c1nc(-c2ccc(Br)s2)cs1)N1CCNCC1. The monoisotopic (exact) mass is 371 g/mol. The molecule has 1 saturated heterocycles. The lowest BCUT2D eigenvalue weighted by Gasteiger charge is -2.33. The molecule has 0 aliphatic carbocycles. The van der Waals surface area contributed by atoms with Crippen LogP contribution in [0.1, 0.15) is 24.4 Å². The van der Waals surface area contributed by atoms with Crippen molar-refractivity contribution in [3.63, 3.8) is 0 Å². The Morgan fingerprint density at radius 1 is 1.40 bits per heavy atom. The maximum atomic E-state index is 4.89. The predicted molar refractivity (Wildman–Crippen MR) is 90.6 cm³/mol. The molecule has 1 aliphatic rings. The fourth-order valence-corrected chi connectivity index (χ4v) is 5.05. The van der Waals surface area contributed by atoms with Crippen molar-refractivity contribution in [1.29, 1.82) is 0 Å². The number of rotatable bonds is 4. The van der Waals surface area contributed by atoms with Crippen LogP contribution in [-0.4, -0.2) is 36.1 Å². The van der Waals surface area contributed by atoms with Crippen molar-refractivity contribution in [2.24, 2.45) is 0 Å². The lowest BCUT2D eigenvalue weighted by atomic mass is 10.2. The minimum Gasteiger partial charge on any atom is -0.314 e. The van der Waals surface area contributed by atoms with Gasteiger partial charge in [0.15, 0.2) is 0 Å². The first kappa shape index (κ1) is 14.7. The maximum absolute atomic E-state index is 4.89. The summed E-state index contributed by atoms with van der Waals surface area (Å²) < 4.78 is 1.16. The molecule has 0 aromatic carbocycles. The molecule has 0 amide bonds. The van der Waals surface area contributed by atoms with Crippen molar-refractivity contribution in [2.75, 3.05) is 26.2 Å². The van der Waals surface area contributed by atoms with Gasteiger partial charge in [-0.2, -0.15) is 0 Å². The van der Waals surface area contributed by atoms with E-state index in [4.69, 9.17) is 4.98 Å². The van der Waals surface area contributed by atoms with Gasteiger partial charge in [-0.1, -0.05) is 6.92 Å². The van der Waals surface area contributed by atoms with E-state index in [9.17, 15) is 0 Å². The molecule has 0 saturated carbocycles. The van der Waals surface area contributed by atoms with Gasteiger partial charge in [-0.05, 0) is 34.5 Å². The van der Waals surface area contributed by atoms with Crippen molar-refractivity contribution in [3.8, 4) is 10.6 Å². The molecule has 6 heteroatoms. The molecule has 108 valence electrons. The molecule has 3 rings (SSSR count). The van der Waals surface area contributed by atoms with Crippen LogP contribution in [-0.2, 0) is 0 Å². The van der Waals surface area contributed by atoms with Crippen molar-refractivity contribution in [1.82, 2.24) is 15.2 Å². The Kier molecular flexibility index (Phi) is 4.88. The number of halogens is 1. The van der Waals surface area contributed by atoms with Crippen LogP contribution in [0.4, 0.5) is 0 Å². The Morgan fingerprint density at radius 3 is 2.85 bits per heavy atom. The highest BCUT2D eigenvalue weighted by Crippen LogP contribution is 2.35. The van der Waals surface area contributed by atoms with Gasteiger partial charge in [0.05, 0.1) is 20.4 Å². The Morgan fingerprint density at radius 2 is 2.20 bits per heavy atom. The van der Waals surface area contributed by atoms with Crippen molar-refractivity contribution in [2.45, 2.75) is 19.4 Å². The predicted octanol–water partition coefficient (Wildman–Crippen LogP) is 3.99. The lowest BCUT2D eigenvalue weighted by molar-refractivity contribution is 0.169. The van der Waals surface area contributed by atoms with Gasteiger partial charge in [0.1, 0.15) is 5.01 Å². The van der Waals surface area contributed by atoms with Gasteiger partial charge in [-0.15, -0.1) is 22.7 Å². The molecule has 0 radical (unpaired) electrons. The van der Waals surface area contributed by atoms with Crippen LogP contribution in [0.25, 0.3) is 10.6 Å². The van der Waals surface area contributed by atoms with Crippen molar-refractivity contribution in [3.05, 3.63) is 26.3 Å². The number of nitrogens with zero attached hydrogens (tertiary/aromatic N) is 2. The zero-order chi connectivity index (χ0) is 13.9. The first-order chi connectivity index (χ1) is 9.78. The Balaban J connectivity index is 1.80. The van der Waals surface area contributed by atoms with E-state index < -0.39 is 0 Å². The van der Waals surface area contributed by atoms with E-state index in [0.717, 1.165) is 42.1 Å². The van der Waals surface area contributed by atoms with Crippen LogP contribution >= 0.6 is 38.6 Å². The van der Waals surface area contributed by atoms with Gasteiger partial charge < -0.3 is 5.32 Å². The normalized spacial score (nSPS) is 18.3. The smallest absolute Gasteiger partial charge is 0.110 e. The molecule has 2 aromatic rings. The van der Waals surface area contributed by atoms with E-state index in [1.807, 2.05) is 0 Å². The molecule has 1 fully saturated rings. The minimum absolute atomic E-state index is 0.472. The zero-order valence-corrected chi connectivity index (χ0v) is 14.7. The van der Waals surface area contributed by atoms with E-state index >= 15 is 0 Å². The van der Waals surface area contributed by atoms with Crippen molar-refractivity contribution >= 4 is 38.6 Å². The summed E-state index contributed by atoms with van der Waals surface area (Å²) in [6.45, 7) is 6.69. The van der Waals surface area contributed by atoms with Gasteiger partial charge in [0.25, 0.3) is 0 Å². The molecule has 1 atom stereocenters. The molecule has 1 N–H and O–H groups in total. The number of hydrogen-bond donors (Lipinski definition) is 1. The Labute approximate surface area is 136 Å². The van der Waals surface area contributed by atoms with E-state index in [2.05, 4.69) is 50.6 Å². The molecule has 20 heavy (non-hydrogen) atoms. The summed E-state index contributed by atoms with van der Waals surface area (Å²) in [6, 6.07) is 4.70. The Bertz CT molecular complexity index is 560. The average Bonchev–Trinajstić information content (AvgIpc) is 3.10. The van der Waals surface area contributed by atoms with Crippen LogP contribution in [0.15, 0.2) is 21.3 Å². The number of hydrogen-bond acceptors (Lipinski definition) is 5. The highest BCUT2D eigenvalue weighted by atomic mass is 79.9. The third-order valence-electron chi connectivity index (χ3n) is 3.61. The number of nitrogens with one attached hydrogen (secondary N) is 1. The lowest BCUT2D eigenvalue weighted by Crippen LogP contribution is -2.45. The molecule has 2 aromatic heterocycles. The highest BCUT2D eigenvalue weighted by molar-refractivity contribution is 9.11.